The van der Waals surface area contributed by atoms with Crippen LogP contribution in [0.2, 0.25) is 0 Å². The normalized spacial score (nSPS) is 14.5. The van der Waals surface area contributed by atoms with Crippen LogP contribution in [0.15, 0.2) is 53.7 Å². The number of unbranched alkanes of at least 4 members (excludes halogenated alkanes) is 3. The van der Waals surface area contributed by atoms with Gasteiger partial charge in [0.25, 0.3) is 0 Å². The Balaban J connectivity index is 0.00000380. The topological polar surface area (TPSA) is 55.2 Å². The average molecular weight is 546 g/mol. The van der Waals surface area contributed by atoms with E-state index in [1.54, 1.807) is 12.1 Å². The van der Waals surface area contributed by atoms with Crippen LogP contribution < -0.4 is 0 Å². The Hall–Kier alpha value is -2.22. The number of likely N-dealkylation sites (tertiary alicyclic amines) is 1. The van der Waals surface area contributed by atoms with E-state index in [1.165, 1.54) is 36.7 Å². The highest BCUT2D eigenvalue weighted by Gasteiger charge is 2.25. The lowest BCUT2D eigenvalue weighted by molar-refractivity contribution is -0.111. The molecule has 1 fully saturated rings. The van der Waals surface area contributed by atoms with Gasteiger partial charge >= 0.3 is 0 Å². The van der Waals surface area contributed by atoms with Gasteiger partial charge in [-0.3, -0.25) is 9.59 Å². The highest BCUT2D eigenvalue weighted by Crippen LogP contribution is 2.34. The standard InChI is InChI=1S/C29H36FN3O2S.ClH/c1-2-3-4-5-12-28(35)36-29-31-25-9-6-7-10-26(25)33(29)24-17-20-32(21-18-24)19-8-11-27(34)22-13-15-23(30)16-14-22;/h6-7,9-10,13-16,24H,2-5,8,11-12,17-21H2,1H3;1H. The van der Waals surface area contributed by atoms with Crippen molar-refractivity contribution in [3.05, 3.63) is 59.9 Å². The Morgan fingerprint density at radius 1 is 0.973 bits per heavy atom. The minimum atomic E-state index is -0.321. The molecule has 1 aliphatic heterocycles. The van der Waals surface area contributed by atoms with Crippen LogP contribution in [0.3, 0.4) is 0 Å². The number of para-hydroxylation sites is 2. The summed E-state index contributed by atoms with van der Waals surface area (Å²) in [7, 11) is 0. The molecule has 200 valence electrons. The van der Waals surface area contributed by atoms with Crippen LogP contribution in [0.4, 0.5) is 4.39 Å². The highest BCUT2D eigenvalue weighted by atomic mass is 35.5. The van der Waals surface area contributed by atoms with Gasteiger partial charge in [0.15, 0.2) is 16.1 Å². The van der Waals surface area contributed by atoms with Gasteiger partial charge in [0.1, 0.15) is 5.82 Å². The molecule has 0 atom stereocenters. The van der Waals surface area contributed by atoms with E-state index < -0.39 is 0 Å². The molecule has 2 aromatic carbocycles. The summed E-state index contributed by atoms with van der Waals surface area (Å²) in [6, 6.07) is 14.3. The second kappa shape index (κ2) is 14.6. The number of hydrogen-bond donors (Lipinski definition) is 0. The minimum Gasteiger partial charge on any atom is -0.315 e. The number of hydrogen-bond acceptors (Lipinski definition) is 5. The molecular weight excluding hydrogens is 509 g/mol. The van der Waals surface area contributed by atoms with Crippen LogP contribution in [0.5, 0.6) is 0 Å². The van der Waals surface area contributed by atoms with E-state index >= 15 is 0 Å². The quantitative estimate of drug-likeness (QED) is 0.134. The monoisotopic (exact) mass is 545 g/mol. The molecule has 5 nitrogen and oxygen atoms in total. The van der Waals surface area contributed by atoms with Gasteiger partial charge in [-0.25, -0.2) is 9.37 Å². The van der Waals surface area contributed by atoms with Crippen molar-refractivity contribution in [2.24, 2.45) is 0 Å². The smallest absolute Gasteiger partial charge is 0.196 e. The molecule has 0 radical (unpaired) electrons. The van der Waals surface area contributed by atoms with Crippen molar-refractivity contribution in [3.8, 4) is 0 Å². The zero-order valence-electron chi connectivity index (χ0n) is 21.5. The van der Waals surface area contributed by atoms with E-state index in [2.05, 4.69) is 22.5 Å². The largest absolute Gasteiger partial charge is 0.315 e. The molecule has 0 bridgehead atoms. The molecule has 1 aromatic heterocycles. The molecule has 0 unspecified atom stereocenters. The van der Waals surface area contributed by atoms with E-state index in [4.69, 9.17) is 4.98 Å². The molecule has 37 heavy (non-hydrogen) atoms. The van der Waals surface area contributed by atoms with Crippen LogP contribution in [0, 0.1) is 5.82 Å². The Morgan fingerprint density at radius 3 is 2.43 bits per heavy atom. The number of aromatic nitrogens is 2. The fourth-order valence-electron chi connectivity index (χ4n) is 4.94. The molecular formula is C29H37ClFN3O2S. The van der Waals surface area contributed by atoms with Crippen LogP contribution in [-0.4, -0.2) is 45.0 Å². The summed E-state index contributed by atoms with van der Waals surface area (Å²) in [5.41, 5.74) is 2.62. The maximum atomic E-state index is 13.1. The summed E-state index contributed by atoms with van der Waals surface area (Å²) in [5.74, 6) is -0.256. The fraction of sp³-hybridized carbons (Fsp3) is 0.483. The first-order valence-electron chi connectivity index (χ1n) is 13.2. The van der Waals surface area contributed by atoms with Crippen molar-refractivity contribution in [3.63, 3.8) is 0 Å². The molecule has 0 aliphatic carbocycles. The molecule has 3 aromatic rings. The number of benzene rings is 2. The van der Waals surface area contributed by atoms with E-state index in [0.29, 0.717) is 24.4 Å². The van der Waals surface area contributed by atoms with Crippen LogP contribution in [0.1, 0.15) is 81.1 Å². The lowest BCUT2D eigenvalue weighted by atomic mass is 10.0. The second-order valence-corrected chi connectivity index (χ2v) is 10.7. The molecule has 1 saturated heterocycles. The molecule has 2 heterocycles. The lowest BCUT2D eigenvalue weighted by Crippen LogP contribution is -2.35. The molecule has 8 heteroatoms. The number of rotatable bonds is 12. The van der Waals surface area contributed by atoms with Gasteiger partial charge in [-0.1, -0.05) is 38.3 Å². The molecule has 4 rings (SSSR count). The van der Waals surface area contributed by atoms with E-state index in [0.717, 1.165) is 67.9 Å². The first kappa shape index (κ1) is 29.3. The van der Waals surface area contributed by atoms with Crippen LogP contribution >= 0.6 is 24.2 Å². The number of carbonyl (C=O) groups excluding carboxylic acids is 2. The molecule has 0 N–H and O–H groups in total. The molecule has 1 aliphatic rings. The number of piperidine rings is 1. The van der Waals surface area contributed by atoms with Crippen molar-refractivity contribution in [2.75, 3.05) is 19.6 Å². The second-order valence-electron chi connectivity index (χ2n) is 9.64. The van der Waals surface area contributed by atoms with Crippen LogP contribution in [-0.2, 0) is 4.79 Å². The first-order chi connectivity index (χ1) is 17.5. The summed E-state index contributed by atoms with van der Waals surface area (Å²) in [5, 5.41) is 1.02. The minimum absolute atomic E-state index is 0. The highest BCUT2D eigenvalue weighted by molar-refractivity contribution is 8.13. The van der Waals surface area contributed by atoms with Gasteiger partial charge in [0, 0.05) is 37.5 Å². The average Bonchev–Trinajstić information content (AvgIpc) is 3.25. The molecule has 0 saturated carbocycles. The van der Waals surface area contributed by atoms with Gasteiger partial charge in [0.05, 0.1) is 11.0 Å². The van der Waals surface area contributed by atoms with Crippen molar-refractivity contribution < 1.29 is 14.0 Å². The van der Waals surface area contributed by atoms with Gasteiger partial charge < -0.3 is 9.47 Å². The lowest BCUT2D eigenvalue weighted by Gasteiger charge is -2.33. The Labute approximate surface area is 229 Å². The summed E-state index contributed by atoms with van der Waals surface area (Å²) in [6.07, 6.45) is 8.24. The van der Waals surface area contributed by atoms with Crippen molar-refractivity contribution in [1.29, 1.82) is 0 Å². The third kappa shape index (κ3) is 8.13. The summed E-state index contributed by atoms with van der Waals surface area (Å²) in [4.78, 5) is 32.3. The van der Waals surface area contributed by atoms with E-state index in [-0.39, 0.29) is 29.1 Å². The number of imidazole rings is 1. The van der Waals surface area contributed by atoms with E-state index in [9.17, 15) is 14.0 Å². The predicted molar refractivity (Wildman–Crippen MR) is 151 cm³/mol. The molecule has 0 amide bonds. The fourth-order valence-corrected chi connectivity index (χ4v) is 5.88. The number of ketones is 1. The number of carbonyl (C=O) groups is 2. The summed E-state index contributed by atoms with van der Waals surface area (Å²) >= 11 is 1.30. The number of thioether (sulfide) groups is 1. The van der Waals surface area contributed by atoms with Crippen LogP contribution in [0.25, 0.3) is 11.0 Å². The summed E-state index contributed by atoms with van der Waals surface area (Å²) in [6.45, 7) is 4.97. The van der Waals surface area contributed by atoms with Gasteiger partial charge in [0.2, 0.25) is 0 Å². The number of fused-ring (bicyclic) bond motifs is 1. The number of nitrogens with zero attached hydrogens (tertiary/aromatic N) is 3. The number of Topliss-reactive ketones (excluding diaryl/α,β-unsaturated/α-hetero) is 1. The van der Waals surface area contributed by atoms with Gasteiger partial charge in [-0.2, -0.15) is 0 Å². The Bertz CT molecular complexity index is 1160. The van der Waals surface area contributed by atoms with Gasteiger partial charge in [-0.15, -0.1) is 12.4 Å². The van der Waals surface area contributed by atoms with Gasteiger partial charge in [-0.05, 0) is 80.4 Å². The number of halogens is 2. The van der Waals surface area contributed by atoms with Crippen molar-refractivity contribution in [2.45, 2.75) is 75.9 Å². The predicted octanol–water partition coefficient (Wildman–Crippen LogP) is 7.49. The Morgan fingerprint density at radius 2 is 1.70 bits per heavy atom. The molecule has 0 spiro atoms. The first-order valence-corrected chi connectivity index (χ1v) is 14.1. The van der Waals surface area contributed by atoms with Crippen molar-refractivity contribution in [1.82, 2.24) is 14.5 Å². The zero-order valence-corrected chi connectivity index (χ0v) is 23.2. The third-order valence-electron chi connectivity index (χ3n) is 6.97. The maximum Gasteiger partial charge on any atom is 0.196 e. The Kier molecular flexibility index (Phi) is 11.6. The third-order valence-corrected chi connectivity index (χ3v) is 7.87. The summed E-state index contributed by atoms with van der Waals surface area (Å²) < 4.78 is 15.4. The SMILES string of the molecule is CCCCCCC(=O)Sc1nc2ccccc2n1C1CCN(CCCC(=O)c2ccc(F)cc2)CC1.Cl. The van der Waals surface area contributed by atoms with Crippen molar-refractivity contribution >= 4 is 46.1 Å². The zero-order chi connectivity index (χ0) is 25.3. The van der Waals surface area contributed by atoms with E-state index in [1.807, 2.05) is 18.2 Å². The maximum absolute atomic E-state index is 13.1.